The average Bonchev–Trinajstić information content (AvgIpc) is 2.47. The first-order valence-corrected chi connectivity index (χ1v) is 7.42. The van der Waals surface area contributed by atoms with E-state index >= 15 is 0 Å². The highest BCUT2D eigenvalue weighted by atomic mass is 16.5. The number of rotatable bonds is 11. The second-order valence-electron chi connectivity index (χ2n) is 4.62. The second-order valence-corrected chi connectivity index (χ2v) is 4.62. The van der Waals surface area contributed by atoms with Gasteiger partial charge >= 0.3 is 0 Å². The Bertz CT molecular complexity index is 357. The first kappa shape index (κ1) is 17.0. The molecular formula is C16H27NO3. The molecule has 0 aliphatic heterocycles. The van der Waals surface area contributed by atoms with Gasteiger partial charge in [0, 0.05) is 12.2 Å². The summed E-state index contributed by atoms with van der Waals surface area (Å²) in [6.45, 7) is 7.23. The van der Waals surface area contributed by atoms with E-state index in [1.807, 2.05) is 31.2 Å². The Kier molecular flexibility index (Phi) is 9.04. The minimum absolute atomic E-state index is 0.173. The van der Waals surface area contributed by atoms with Crippen LogP contribution in [-0.2, 0) is 9.47 Å². The van der Waals surface area contributed by atoms with Gasteiger partial charge in [0.2, 0.25) is 0 Å². The summed E-state index contributed by atoms with van der Waals surface area (Å²) in [5.41, 5.74) is 7.13. The summed E-state index contributed by atoms with van der Waals surface area (Å²) in [4.78, 5) is 0. The molecule has 0 fully saturated rings. The first-order chi connectivity index (χ1) is 9.79. The van der Waals surface area contributed by atoms with Gasteiger partial charge in [-0.3, -0.25) is 0 Å². The van der Waals surface area contributed by atoms with Gasteiger partial charge in [-0.15, -0.1) is 0 Å². The lowest BCUT2D eigenvalue weighted by Crippen LogP contribution is -2.19. The van der Waals surface area contributed by atoms with Crippen molar-refractivity contribution in [2.45, 2.75) is 32.7 Å². The highest BCUT2D eigenvalue weighted by Crippen LogP contribution is 2.23. The maximum absolute atomic E-state index is 6.14. The molecule has 0 amide bonds. The smallest absolute Gasteiger partial charge is 0.124 e. The van der Waals surface area contributed by atoms with E-state index in [0.717, 1.165) is 30.8 Å². The molecule has 0 aliphatic rings. The van der Waals surface area contributed by atoms with Crippen LogP contribution in [-0.4, -0.2) is 33.0 Å². The number of ether oxygens (including phenoxy) is 3. The maximum atomic E-state index is 6.14. The van der Waals surface area contributed by atoms with Crippen LogP contribution in [0.25, 0.3) is 0 Å². The summed E-state index contributed by atoms with van der Waals surface area (Å²) in [6, 6.07) is 7.66. The lowest BCUT2D eigenvalue weighted by Gasteiger charge is -2.16. The summed E-state index contributed by atoms with van der Waals surface area (Å²) in [5, 5.41) is 0. The molecule has 4 heteroatoms. The van der Waals surface area contributed by atoms with Crippen molar-refractivity contribution in [1.82, 2.24) is 0 Å². The van der Waals surface area contributed by atoms with Crippen LogP contribution in [0, 0.1) is 0 Å². The number of benzene rings is 1. The third kappa shape index (κ3) is 6.37. The Morgan fingerprint density at radius 1 is 1.05 bits per heavy atom. The summed E-state index contributed by atoms with van der Waals surface area (Å²) < 4.78 is 16.6. The van der Waals surface area contributed by atoms with Gasteiger partial charge in [0.05, 0.1) is 32.5 Å². The Balaban J connectivity index is 2.27. The van der Waals surface area contributed by atoms with Gasteiger partial charge in [-0.05, 0) is 19.4 Å². The molecule has 1 aromatic carbocycles. The Morgan fingerprint density at radius 2 is 1.80 bits per heavy atom. The van der Waals surface area contributed by atoms with Crippen LogP contribution in [0.4, 0.5) is 0 Å². The van der Waals surface area contributed by atoms with E-state index in [-0.39, 0.29) is 6.04 Å². The molecule has 0 radical (unpaired) electrons. The zero-order chi connectivity index (χ0) is 14.6. The van der Waals surface area contributed by atoms with Gasteiger partial charge in [0.25, 0.3) is 0 Å². The van der Waals surface area contributed by atoms with Crippen molar-refractivity contribution in [1.29, 1.82) is 0 Å². The van der Waals surface area contributed by atoms with Crippen LogP contribution in [0.2, 0.25) is 0 Å². The minimum atomic E-state index is -0.173. The van der Waals surface area contributed by atoms with Gasteiger partial charge in [0.15, 0.2) is 0 Å². The Labute approximate surface area is 122 Å². The minimum Gasteiger partial charge on any atom is -0.494 e. The van der Waals surface area contributed by atoms with E-state index in [1.165, 1.54) is 0 Å². The number of hydrogen-bond acceptors (Lipinski definition) is 4. The molecule has 0 spiro atoms. The summed E-state index contributed by atoms with van der Waals surface area (Å²) in [5.74, 6) is 0.838. The normalized spacial score (nSPS) is 12.3. The molecule has 1 atom stereocenters. The van der Waals surface area contributed by atoms with Crippen molar-refractivity contribution >= 4 is 0 Å². The third-order valence-corrected chi connectivity index (χ3v) is 2.93. The third-order valence-electron chi connectivity index (χ3n) is 2.93. The van der Waals surface area contributed by atoms with E-state index in [4.69, 9.17) is 19.9 Å². The molecule has 1 rings (SSSR count). The van der Waals surface area contributed by atoms with Crippen LogP contribution in [0.3, 0.4) is 0 Å². The quantitative estimate of drug-likeness (QED) is 0.634. The maximum Gasteiger partial charge on any atom is 0.124 e. The molecular weight excluding hydrogens is 254 g/mol. The van der Waals surface area contributed by atoms with E-state index in [1.54, 1.807) is 0 Å². The molecule has 0 aliphatic carbocycles. The van der Waals surface area contributed by atoms with Crippen molar-refractivity contribution in [3.05, 3.63) is 29.8 Å². The number of hydrogen-bond donors (Lipinski definition) is 1. The van der Waals surface area contributed by atoms with Crippen LogP contribution >= 0.6 is 0 Å². The molecule has 0 heterocycles. The Morgan fingerprint density at radius 3 is 2.55 bits per heavy atom. The molecule has 0 bridgehead atoms. The molecule has 1 unspecified atom stereocenters. The lowest BCUT2D eigenvalue weighted by atomic mass is 10.1. The number of nitrogens with two attached hydrogens (primary N) is 1. The highest BCUT2D eigenvalue weighted by Gasteiger charge is 2.11. The van der Waals surface area contributed by atoms with Gasteiger partial charge in [0.1, 0.15) is 5.75 Å². The van der Waals surface area contributed by atoms with Crippen molar-refractivity contribution in [2.75, 3.05) is 33.0 Å². The summed E-state index contributed by atoms with van der Waals surface area (Å²) >= 11 is 0. The summed E-state index contributed by atoms with van der Waals surface area (Å²) in [7, 11) is 0. The molecule has 20 heavy (non-hydrogen) atoms. The van der Waals surface area contributed by atoms with Crippen LogP contribution in [0.15, 0.2) is 24.3 Å². The predicted octanol–water partition coefficient (Wildman–Crippen LogP) is 2.92. The fraction of sp³-hybridized carbons (Fsp3) is 0.625. The molecule has 0 aromatic heterocycles. The fourth-order valence-corrected chi connectivity index (χ4v) is 1.84. The molecule has 4 nitrogen and oxygen atoms in total. The van der Waals surface area contributed by atoms with Crippen molar-refractivity contribution in [2.24, 2.45) is 5.73 Å². The van der Waals surface area contributed by atoms with Gasteiger partial charge in [-0.2, -0.15) is 0 Å². The van der Waals surface area contributed by atoms with Crippen LogP contribution in [0.5, 0.6) is 5.75 Å². The SMILES string of the molecule is CCCCOCCOCC(N)c1ccccc1OCC. The van der Waals surface area contributed by atoms with Gasteiger partial charge in [-0.25, -0.2) is 0 Å². The Hall–Kier alpha value is -1.10. The van der Waals surface area contributed by atoms with E-state index in [0.29, 0.717) is 26.4 Å². The topological polar surface area (TPSA) is 53.7 Å². The molecule has 0 saturated carbocycles. The largest absolute Gasteiger partial charge is 0.494 e. The summed E-state index contributed by atoms with van der Waals surface area (Å²) in [6.07, 6.45) is 2.25. The van der Waals surface area contributed by atoms with Crippen LogP contribution in [0.1, 0.15) is 38.3 Å². The van der Waals surface area contributed by atoms with E-state index in [9.17, 15) is 0 Å². The molecule has 1 aromatic rings. The van der Waals surface area contributed by atoms with Crippen LogP contribution < -0.4 is 10.5 Å². The van der Waals surface area contributed by atoms with E-state index < -0.39 is 0 Å². The number of unbranched alkanes of at least 4 members (excludes halogenated alkanes) is 1. The van der Waals surface area contributed by atoms with Crippen molar-refractivity contribution in [3.8, 4) is 5.75 Å². The molecule has 0 saturated heterocycles. The average molecular weight is 281 g/mol. The lowest BCUT2D eigenvalue weighted by molar-refractivity contribution is 0.0414. The zero-order valence-electron chi connectivity index (χ0n) is 12.6. The van der Waals surface area contributed by atoms with Crippen molar-refractivity contribution < 1.29 is 14.2 Å². The molecule has 2 N–H and O–H groups in total. The highest BCUT2D eigenvalue weighted by molar-refractivity contribution is 5.35. The van der Waals surface area contributed by atoms with Gasteiger partial charge in [-0.1, -0.05) is 31.5 Å². The number of para-hydroxylation sites is 1. The molecule has 114 valence electrons. The monoisotopic (exact) mass is 281 g/mol. The van der Waals surface area contributed by atoms with E-state index in [2.05, 4.69) is 6.92 Å². The zero-order valence-corrected chi connectivity index (χ0v) is 12.6. The predicted molar refractivity (Wildman–Crippen MR) is 81.1 cm³/mol. The van der Waals surface area contributed by atoms with Crippen molar-refractivity contribution in [3.63, 3.8) is 0 Å². The van der Waals surface area contributed by atoms with Gasteiger partial charge < -0.3 is 19.9 Å². The second kappa shape index (κ2) is 10.7. The first-order valence-electron chi connectivity index (χ1n) is 7.42. The standard InChI is InChI=1S/C16H27NO3/c1-3-5-10-18-11-12-19-13-15(17)14-8-6-7-9-16(14)20-4-2/h6-9,15H,3-5,10-13,17H2,1-2H3. The fourth-order valence-electron chi connectivity index (χ4n) is 1.84.